The van der Waals surface area contributed by atoms with E-state index in [1.807, 2.05) is 72.8 Å². The van der Waals surface area contributed by atoms with E-state index in [1.54, 1.807) is 11.0 Å². The lowest BCUT2D eigenvalue weighted by molar-refractivity contribution is -0.141. The molecule has 6 heteroatoms. The Morgan fingerprint density at radius 3 is 2.03 bits per heavy atom. The molecule has 4 rings (SSSR count). The van der Waals surface area contributed by atoms with E-state index in [9.17, 15) is 9.59 Å². The van der Waals surface area contributed by atoms with Gasteiger partial charge in [0, 0.05) is 29.1 Å². The van der Waals surface area contributed by atoms with Crippen LogP contribution in [-0.4, -0.2) is 28.8 Å². The average molecular weight is 524 g/mol. The van der Waals surface area contributed by atoms with E-state index >= 15 is 0 Å². The molecule has 2 amide bonds. The Hall–Kier alpha value is -2.82. The van der Waals surface area contributed by atoms with Crippen molar-refractivity contribution >= 4 is 35.0 Å². The first-order chi connectivity index (χ1) is 17.5. The maximum Gasteiger partial charge on any atom is 0.243 e. The molecule has 0 spiro atoms. The third kappa shape index (κ3) is 7.11. The first-order valence-electron chi connectivity index (χ1n) is 12.6. The second-order valence-corrected chi connectivity index (χ2v) is 10.2. The zero-order valence-electron chi connectivity index (χ0n) is 20.3. The number of rotatable bonds is 9. The van der Waals surface area contributed by atoms with Crippen molar-refractivity contribution in [3.63, 3.8) is 0 Å². The van der Waals surface area contributed by atoms with Crippen LogP contribution in [0.4, 0.5) is 0 Å². The molecule has 0 aromatic heterocycles. The highest BCUT2D eigenvalue weighted by Gasteiger charge is 2.32. The molecule has 1 aliphatic carbocycles. The van der Waals surface area contributed by atoms with Crippen LogP contribution in [0.1, 0.15) is 48.8 Å². The normalized spacial score (nSPS) is 14.7. The fourth-order valence-corrected chi connectivity index (χ4v) is 5.21. The molecule has 0 radical (unpaired) electrons. The van der Waals surface area contributed by atoms with Gasteiger partial charge in [0.05, 0.1) is 6.42 Å². The van der Waals surface area contributed by atoms with Crippen LogP contribution in [0.5, 0.6) is 0 Å². The average Bonchev–Trinajstić information content (AvgIpc) is 2.89. The lowest BCUT2D eigenvalue weighted by Crippen LogP contribution is -2.53. The molecule has 0 bridgehead atoms. The van der Waals surface area contributed by atoms with Crippen LogP contribution >= 0.6 is 23.2 Å². The first kappa shape index (κ1) is 26.2. The highest BCUT2D eigenvalue weighted by Crippen LogP contribution is 2.24. The summed E-state index contributed by atoms with van der Waals surface area (Å²) in [5.74, 6) is -0.284. The van der Waals surface area contributed by atoms with Crippen molar-refractivity contribution in [2.45, 2.75) is 63.6 Å². The fraction of sp³-hybridized carbons (Fsp3) is 0.333. The van der Waals surface area contributed by atoms with Crippen molar-refractivity contribution in [1.82, 2.24) is 10.2 Å². The van der Waals surface area contributed by atoms with Gasteiger partial charge in [-0.05, 0) is 41.7 Å². The van der Waals surface area contributed by atoms with Gasteiger partial charge in [0.25, 0.3) is 0 Å². The Morgan fingerprint density at radius 2 is 1.39 bits per heavy atom. The maximum absolute atomic E-state index is 13.9. The molecule has 1 unspecified atom stereocenters. The SMILES string of the molecule is O=C(NC1CCCCC1)C(Cc1ccccc1)N(Cc1ccccc1Cl)C(=O)Cc1ccccc1Cl. The molecule has 0 saturated heterocycles. The molecular formula is C30H32Cl2N2O2. The summed E-state index contributed by atoms with van der Waals surface area (Å²) in [4.78, 5) is 29.3. The zero-order valence-corrected chi connectivity index (χ0v) is 21.8. The minimum absolute atomic E-state index is 0.103. The summed E-state index contributed by atoms with van der Waals surface area (Å²) < 4.78 is 0. The summed E-state index contributed by atoms with van der Waals surface area (Å²) >= 11 is 12.9. The van der Waals surface area contributed by atoms with E-state index in [-0.39, 0.29) is 30.8 Å². The highest BCUT2D eigenvalue weighted by molar-refractivity contribution is 6.31. The van der Waals surface area contributed by atoms with Crippen molar-refractivity contribution in [3.05, 3.63) is 106 Å². The molecule has 3 aromatic carbocycles. The molecule has 4 nitrogen and oxygen atoms in total. The van der Waals surface area contributed by atoms with Gasteiger partial charge >= 0.3 is 0 Å². The van der Waals surface area contributed by atoms with Crippen molar-refractivity contribution in [2.75, 3.05) is 0 Å². The van der Waals surface area contributed by atoms with Crippen LogP contribution in [0.15, 0.2) is 78.9 Å². The quantitative estimate of drug-likeness (QED) is 0.343. The van der Waals surface area contributed by atoms with Gasteiger partial charge in [-0.3, -0.25) is 9.59 Å². The number of carbonyl (C=O) groups excluding carboxylic acids is 2. The molecule has 1 N–H and O–H groups in total. The van der Waals surface area contributed by atoms with Crippen LogP contribution in [-0.2, 0) is 29.0 Å². The molecular weight excluding hydrogens is 491 g/mol. The van der Waals surface area contributed by atoms with Crippen molar-refractivity contribution in [2.24, 2.45) is 0 Å². The molecule has 188 valence electrons. The third-order valence-electron chi connectivity index (χ3n) is 6.82. The minimum Gasteiger partial charge on any atom is -0.352 e. The van der Waals surface area contributed by atoms with Gasteiger partial charge in [-0.1, -0.05) is 109 Å². The Morgan fingerprint density at radius 1 is 0.806 bits per heavy atom. The largest absolute Gasteiger partial charge is 0.352 e. The maximum atomic E-state index is 13.9. The Bertz CT molecular complexity index is 1160. The lowest BCUT2D eigenvalue weighted by atomic mass is 9.94. The Kier molecular flexibility index (Phi) is 9.43. The summed E-state index contributed by atoms with van der Waals surface area (Å²) in [5.41, 5.74) is 2.53. The van der Waals surface area contributed by atoms with Crippen molar-refractivity contribution in [3.8, 4) is 0 Å². The summed E-state index contributed by atoms with van der Waals surface area (Å²) in [6.07, 6.45) is 5.90. The number of benzene rings is 3. The van der Waals surface area contributed by atoms with Crippen LogP contribution in [0.25, 0.3) is 0 Å². The topological polar surface area (TPSA) is 49.4 Å². The zero-order chi connectivity index (χ0) is 25.3. The summed E-state index contributed by atoms with van der Waals surface area (Å²) in [6.45, 7) is 0.235. The predicted molar refractivity (Wildman–Crippen MR) is 146 cm³/mol. The number of halogens is 2. The van der Waals surface area contributed by atoms with E-state index in [1.165, 1.54) is 6.42 Å². The number of hydrogen-bond donors (Lipinski definition) is 1. The molecule has 1 fully saturated rings. The van der Waals surface area contributed by atoms with E-state index < -0.39 is 6.04 Å². The molecule has 1 saturated carbocycles. The van der Waals surface area contributed by atoms with Gasteiger partial charge in [-0.2, -0.15) is 0 Å². The summed E-state index contributed by atoms with van der Waals surface area (Å²) in [6, 6.07) is 24.1. The van der Waals surface area contributed by atoms with E-state index in [0.29, 0.717) is 16.5 Å². The molecule has 36 heavy (non-hydrogen) atoms. The number of amides is 2. The molecule has 0 heterocycles. The monoisotopic (exact) mass is 522 g/mol. The van der Waals surface area contributed by atoms with Gasteiger partial charge in [0.1, 0.15) is 6.04 Å². The van der Waals surface area contributed by atoms with Crippen LogP contribution in [0, 0.1) is 0 Å². The van der Waals surface area contributed by atoms with Crippen LogP contribution in [0.2, 0.25) is 10.0 Å². The first-order valence-corrected chi connectivity index (χ1v) is 13.4. The smallest absolute Gasteiger partial charge is 0.243 e. The fourth-order valence-electron chi connectivity index (χ4n) is 4.81. The van der Waals surface area contributed by atoms with E-state index in [4.69, 9.17) is 23.2 Å². The second-order valence-electron chi connectivity index (χ2n) is 9.43. The second kappa shape index (κ2) is 12.9. The Labute approximate surface area is 223 Å². The summed E-state index contributed by atoms with van der Waals surface area (Å²) in [7, 11) is 0. The van der Waals surface area contributed by atoms with Crippen molar-refractivity contribution < 1.29 is 9.59 Å². The van der Waals surface area contributed by atoms with Gasteiger partial charge in [-0.15, -0.1) is 0 Å². The van der Waals surface area contributed by atoms with Gasteiger partial charge in [-0.25, -0.2) is 0 Å². The number of nitrogens with one attached hydrogen (secondary N) is 1. The molecule has 0 aliphatic heterocycles. The Balaban J connectivity index is 1.67. The predicted octanol–water partition coefficient (Wildman–Crippen LogP) is 6.62. The summed E-state index contributed by atoms with van der Waals surface area (Å²) in [5, 5.41) is 4.36. The lowest BCUT2D eigenvalue weighted by Gasteiger charge is -2.34. The highest BCUT2D eigenvalue weighted by atomic mass is 35.5. The van der Waals surface area contributed by atoms with Gasteiger partial charge in [0.15, 0.2) is 0 Å². The minimum atomic E-state index is -0.680. The van der Waals surface area contributed by atoms with E-state index in [2.05, 4.69) is 5.32 Å². The third-order valence-corrected chi connectivity index (χ3v) is 7.56. The molecule has 3 aromatic rings. The number of carbonyl (C=O) groups is 2. The number of hydrogen-bond acceptors (Lipinski definition) is 2. The van der Waals surface area contributed by atoms with Crippen molar-refractivity contribution in [1.29, 1.82) is 0 Å². The van der Waals surface area contributed by atoms with Crippen LogP contribution < -0.4 is 5.32 Å². The van der Waals surface area contributed by atoms with Crippen LogP contribution in [0.3, 0.4) is 0 Å². The van der Waals surface area contributed by atoms with E-state index in [0.717, 1.165) is 42.4 Å². The molecule has 1 atom stereocenters. The van der Waals surface area contributed by atoms with Gasteiger partial charge in [0.2, 0.25) is 11.8 Å². The van der Waals surface area contributed by atoms with Gasteiger partial charge < -0.3 is 10.2 Å². The number of nitrogens with zero attached hydrogens (tertiary/aromatic N) is 1. The standard InChI is InChI=1S/C30H32Cl2N2O2/c31-26-17-9-7-13-23(26)20-29(35)34(21-24-14-8-10-18-27(24)32)28(19-22-11-3-1-4-12-22)30(36)33-25-15-5-2-6-16-25/h1,3-4,7-14,17-18,25,28H,2,5-6,15-16,19-21H2,(H,33,36). The molecule has 1 aliphatic rings.